The van der Waals surface area contributed by atoms with Gasteiger partial charge in [0.2, 0.25) is 0 Å². The van der Waals surface area contributed by atoms with Crippen LogP contribution < -0.4 is 5.56 Å². The second-order valence-corrected chi connectivity index (χ2v) is 7.00. The second kappa shape index (κ2) is 6.14. The van der Waals surface area contributed by atoms with Gasteiger partial charge in [0.25, 0.3) is 5.56 Å². The lowest BCUT2D eigenvalue weighted by molar-refractivity contribution is 0.836. The number of benzene rings is 2. The van der Waals surface area contributed by atoms with Gasteiger partial charge in [0.05, 0.1) is 32.2 Å². The van der Waals surface area contributed by atoms with Crippen LogP contribution in [0.25, 0.3) is 15.9 Å². The minimum Gasteiger partial charge on any atom is -0.295 e. The fourth-order valence-corrected chi connectivity index (χ4v) is 3.52. The number of para-hydroxylation sites is 1. The van der Waals surface area contributed by atoms with E-state index in [1.807, 2.05) is 62.4 Å². The van der Waals surface area contributed by atoms with Gasteiger partial charge in [-0.25, -0.2) is 9.67 Å². The number of hydrogen-bond donors (Lipinski definition) is 1. The van der Waals surface area contributed by atoms with Crippen molar-refractivity contribution in [3.05, 3.63) is 75.1 Å². The van der Waals surface area contributed by atoms with Crippen LogP contribution in [0.4, 0.5) is 5.69 Å². The van der Waals surface area contributed by atoms with E-state index in [-0.39, 0.29) is 5.56 Å². The van der Waals surface area contributed by atoms with Crippen molar-refractivity contribution < 1.29 is 0 Å². The standard InChI is InChI=1S/C19H16N4OS/c1-12-16(11-20-14-6-4-3-5-7-14)19(24)23(22-12)15-8-9-18-17(10-15)21-13(2)25-18/h3-11,22H,1-2H3. The van der Waals surface area contributed by atoms with Crippen molar-refractivity contribution in [3.63, 3.8) is 0 Å². The zero-order chi connectivity index (χ0) is 17.4. The molecule has 0 saturated carbocycles. The van der Waals surface area contributed by atoms with E-state index >= 15 is 0 Å². The third-order valence-corrected chi connectivity index (χ3v) is 4.90. The van der Waals surface area contributed by atoms with E-state index < -0.39 is 0 Å². The summed E-state index contributed by atoms with van der Waals surface area (Å²) in [6.45, 7) is 3.85. The maximum absolute atomic E-state index is 12.8. The fraction of sp³-hybridized carbons (Fsp3) is 0.105. The van der Waals surface area contributed by atoms with Crippen molar-refractivity contribution in [2.24, 2.45) is 4.99 Å². The molecule has 0 aliphatic rings. The molecule has 2 aromatic heterocycles. The van der Waals surface area contributed by atoms with E-state index in [0.717, 1.165) is 32.3 Å². The number of H-pyrrole nitrogens is 1. The Kier molecular flexibility index (Phi) is 3.82. The molecule has 0 saturated heterocycles. The second-order valence-electron chi connectivity index (χ2n) is 5.77. The molecule has 0 aliphatic heterocycles. The Balaban J connectivity index is 1.76. The molecular weight excluding hydrogens is 332 g/mol. The van der Waals surface area contributed by atoms with Crippen molar-refractivity contribution in [1.82, 2.24) is 14.8 Å². The summed E-state index contributed by atoms with van der Waals surface area (Å²) in [7, 11) is 0. The van der Waals surface area contributed by atoms with Crippen LogP contribution >= 0.6 is 11.3 Å². The molecule has 0 spiro atoms. The van der Waals surface area contributed by atoms with Crippen LogP contribution in [-0.2, 0) is 0 Å². The highest BCUT2D eigenvalue weighted by Crippen LogP contribution is 2.23. The minimum absolute atomic E-state index is 0.122. The number of nitrogens with zero attached hydrogens (tertiary/aromatic N) is 3. The topological polar surface area (TPSA) is 63.0 Å². The maximum atomic E-state index is 12.8. The quantitative estimate of drug-likeness (QED) is 0.566. The SMILES string of the molecule is Cc1nc2cc(-n3[nH]c(C)c(C=Nc4ccccc4)c3=O)ccc2s1. The van der Waals surface area contributed by atoms with E-state index in [9.17, 15) is 4.79 Å². The van der Waals surface area contributed by atoms with Crippen molar-refractivity contribution in [1.29, 1.82) is 0 Å². The van der Waals surface area contributed by atoms with E-state index in [1.54, 1.807) is 17.6 Å². The van der Waals surface area contributed by atoms with Gasteiger partial charge < -0.3 is 0 Å². The fourth-order valence-electron chi connectivity index (χ4n) is 2.72. The van der Waals surface area contributed by atoms with Gasteiger partial charge in [-0.1, -0.05) is 18.2 Å². The first kappa shape index (κ1) is 15.5. The van der Waals surface area contributed by atoms with Crippen LogP contribution in [0.5, 0.6) is 0 Å². The van der Waals surface area contributed by atoms with Crippen LogP contribution in [0.15, 0.2) is 58.3 Å². The molecule has 0 unspecified atom stereocenters. The molecule has 25 heavy (non-hydrogen) atoms. The molecule has 4 rings (SSSR count). The van der Waals surface area contributed by atoms with Crippen LogP contribution in [0.2, 0.25) is 0 Å². The number of aryl methyl sites for hydroxylation is 2. The molecule has 2 heterocycles. The number of aromatic nitrogens is 3. The van der Waals surface area contributed by atoms with Crippen molar-refractivity contribution in [3.8, 4) is 5.69 Å². The molecule has 0 fully saturated rings. The normalized spacial score (nSPS) is 11.6. The Labute approximate surface area is 148 Å². The number of thiazole rings is 1. The lowest BCUT2D eigenvalue weighted by Gasteiger charge is -2.00. The first-order chi connectivity index (χ1) is 12.1. The summed E-state index contributed by atoms with van der Waals surface area (Å²) < 4.78 is 2.65. The van der Waals surface area contributed by atoms with Crippen LogP contribution in [0, 0.1) is 13.8 Å². The van der Waals surface area contributed by atoms with E-state index in [1.165, 1.54) is 4.68 Å². The molecule has 0 radical (unpaired) electrons. The van der Waals surface area contributed by atoms with E-state index in [2.05, 4.69) is 15.1 Å². The first-order valence-corrected chi connectivity index (χ1v) is 8.72. The molecule has 0 bridgehead atoms. The summed E-state index contributed by atoms with van der Waals surface area (Å²) in [5.74, 6) is 0. The summed E-state index contributed by atoms with van der Waals surface area (Å²) in [5.41, 5.74) is 3.69. The largest absolute Gasteiger partial charge is 0.295 e. The molecule has 4 aromatic rings. The Morgan fingerprint density at radius 2 is 1.96 bits per heavy atom. The Bertz CT molecular complexity index is 1140. The number of rotatable bonds is 3. The van der Waals surface area contributed by atoms with Gasteiger partial charge in [-0.05, 0) is 44.2 Å². The number of nitrogens with one attached hydrogen (secondary N) is 1. The number of aliphatic imine (C=N–C) groups is 1. The monoisotopic (exact) mass is 348 g/mol. The third kappa shape index (κ3) is 2.92. The van der Waals surface area contributed by atoms with Gasteiger partial charge in [0.1, 0.15) is 0 Å². The van der Waals surface area contributed by atoms with Crippen molar-refractivity contribution in [2.75, 3.05) is 0 Å². The molecule has 6 heteroatoms. The average molecular weight is 348 g/mol. The number of aromatic amines is 1. The van der Waals surface area contributed by atoms with Gasteiger partial charge in [-0.2, -0.15) is 0 Å². The number of hydrogen-bond acceptors (Lipinski definition) is 4. The predicted molar refractivity (Wildman–Crippen MR) is 103 cm³/mol. The molecule has 2 aromatic carbocycles. The van der Waals surface area contributed by atoms with Gasteiger partial charge in [0.15, 0.2) is 0 Å². The number of fused-ring (bicyclic) bond motifs is 1. The molecular formula is C19H16N4OS. The Morgan fingerprint density at radius 1 is 1.16 bits per heavy atom. The van der Waals surface area contributed by atoms with Gasteiger partial charge >= 0.3 is 0 Å². The van der Waals surface area contributed by atoms with Gasteiger partial charge in [0, 0.05) is 11.9 Å². The van der Waals surface area contributed by atoms with Crippen molar-refractivity contribution in [2.45, 2.75) is 13.8 Å². The molecule has 1 N–H and O–H groups in total. The molecule has 0 amide bonds. The maximum Gasteiger partial charge on any atom is 0.280 e. The zero-order valence-electron chi connectivity index (χ0n) is 13.9. The van der Waals surface area contributed by atoms with E-state index in [0.29, 0.717) is 5.56 Å². The molecule has 0 aliphatic carbocycles. The Hall–Kier alpha value is -2.99. The lowest BCUT2D eigenvalue weighted by Crippen LogP contribution is -2.17. The summed E-state index contributed by atoms with van der Waals surface area (Å²) in [6, 6.07) is 15.4. The van der Waals surface area contributed by atoms with Crippen molar-refractivity contribution >= 4 is 33.5 Å². The van der Waals surface area contributed by atoms with Crippen LogP contribution in [-0.4, -0.2) is 21.0 Å². The lowest BCUT2D eigenvalue weighted by atomic mass is 10.2. The summed E-state index contributed by atoms with van der Waals surface area (Å²) in [5, 5.41) is 4.14. The van der Waals surface area contributed by atoms with Gasteiger partial charge in [-0.15, -0.1) is 11.3 Å². The van der Waals surface area contributed by atoms with Crippen LogP contribution in [0.3, 0.4) is 0 Å². The van der Waals surface area contributed by atoms with Crippen LogP contribution in [0.1, 0.15) is 16.3 Å². The smallest absolute Gasteiger partial charge is 0.280 e. The third-order valence-electron chi connectivity index (χ3n) is 3.95. The zero-order valence-corrected chi connectivity index (χ0v) is 14.7. The summed E-state index contributed by atoms with van der Waals surface area (Å²) >= 11 is 1.64. The minimum atomic E-state index is -0.122. The first-order valence-electron chi connectivity index (χ1n) is 7.90. The summed E-state index contributed by atoms with van der Waals surface area (Å²) in [6.07, 6.45) is 1.62. The summed E-state index contributed by atoms with van der Waals surface area (Å²) in [4.78, 5) is 21.7. The highest BCUT2D eigenvalue weighted by Gasteiger charge is 2.12. The van der Waals surface area contributed by atoms with E-state index in [4.69, 9.17) is 0 Å². The molecule has 0 atom stereocenters. The Morgan fingerprint density at radius 3 is 2.76 bits per heavy atom. The molecule has 124 valence electrons. The van der Waals surface area contributed by atoms with Gasteiger partial charge in [-0.3, -0.25) is 14.9 Å². The average Bonchev–Trinajstić information content (AvgIpc) is 3.12. The highest BCUT2D eigenvalue weighted by molar-refractivity contribution is 7.18. The predicted octanol–water partition coefficient (Wildman–Crippen LogP) is 4.14. The molecule has 5 nitrogen and oxygen atoms in total. The highest BCUT2D eigenvalue weighted by atomic mass is 32.1.